The Hall–Kier alpha value is -4.16. The van der Waals surface area contributed by atoms with Crippen molar-refractivity contribution in [3.05, 3.63) is 85.8 Å². The number of nitrogens with one attached hydrogen (secondary N) is 2. The fourth-order valence-corrected chi connectivity index (χ4v) is 4.56. The molecule has 9 nitrogen and oxygen atoms in total. The van der Waals surface area contributed by atoms with E-state index in [0.717, 1.165) is 0 Å². The van der Waals surface area contributed by atoms with Crippen molar-refractivity contribution in [1.82, 2.24) is 19.8 Å². The van der Waals surface area contributed by atoms with Crippen LogP contribution in [0.5, 0.6) is 0 Å². The molecule has 0 unspecified atom stereocenters. The lowest BCUT2D eigenvalue weighted by Gasteiger charge is -2.34. The van der Waals surface area contributed by atoms with Gasteiger partial charge in [0.05, 0.1) is 28.5 Å². The first-order valence-corrected chi connectivity index (χ1v) is 12.3. The number of nitrogens with zero attached hydrogens (tertiary/aromatic N) is 4. The minimum atomic E-state index is -0.267. The number of benzene rings is 2. The maximum atomic E-state index is 13.8. The topological polar surface area (TPSA) is 120 Å². The van der Waals surface area contributed by atoms with Crippen LogP contribution in [-0.2, 0) is 13.0 Å². The van der Waals surface area contributed by atoms with Crippen molar-refractivity contribution in [2.24, 2.45) is 0 Å². The second-order valence-corrected chi connectivity index (χ2v) is 9.63. The predicted octanol–water partition coefficient (Wildman–Crippen LogP) is 3.52. The third kappa shape index (κ3) is 5.06. The van der Waals surface area contributed by atoms with Crippen LogP contribution < -0.4 is 16.2 Å². The van der Waals surface area contributed by atoms with E-state index in [9.17, 15) is 14.4 Å². The lowest BCUT2D eigenvalue weighted by molar-refractivity contribution is 0.0653. The smallest absolute Gasteiger partial charge is 0.263 e. The van der Waals surface area contributed by atoms with Gasteiger partial charge in [-0.25, -0.2) is 9.55 Å². The zero-order chi connectivity index (χ0) is 26.9. The summed E-state index contributed by atoms with van der Waals surface area (Å²) in [6, 6.07) is 13.0. The molecule has 3 aromatic rings. The molecule has 0 spiro atoms. The molecule has 1 atom stereocenters. The van der Waals surface area contributed by atoms with Gasteiger partial charge in [0.2, 0.25) is 5.95 Å². The average molecular weight is 519 g/mol. The monoisotopic (exact) mass is 518 g/mol. The van der Waals surface area contributed by atoms with Gasteiger partial charge in [-0.2, -0.15) is 5.26 Å². The van der Waals surface area contributed by atoms with Crippen LogP contribution in [-0.4, -0.2) is 45.4 Å². The molecular formula is C27H27ClN6O3. The number of fused-ring (bicyclic) bond motifs is 1. The molecule has 0 bridgehead atoms. The first-order chi connectivity index (χ1) is 17.6. The summed E-state index contributed by atoms with van der Waals surface area (Å²) in [6.07, 6.45) is 0.329. The first kappa shape index (κ1) is 25.9. The summed E-state index contributed by atoms with van der Waals surface area (Å²) in [4.78, 5) is 45.5. The number of carbonyl (C=O) groups excluding carboxylic acids is 2. The van der Waals surface area contributed by atoms with Crippen LogP contribution in [0.25, 0.3) is 5.69 Å². The fraction of sp³-hybridized carbons (Fsp3) is 0.296. The molecule has 2 aromatic carbocycles. The number of hydrogen-bond donors (Lipinski definition) is 2. The van der Waals surface area contributed by atoms with E-state index < -0.39 is 0 Å². The van der Waals surface area contributed by atoms with Crippen molar-refractivity contribution in [3.63, 3.8) is 0 Å². The van der Waals surface area contributed by atoms with Crippen LogP contribution in [0.1, 0.15) is 58.3 Å². The summed E-state index contributed by atoms with van der Waals surface area (Å²) >= 11 is 6.15. The molecule has 4 rings (SSSR count). The third-order valence-electron chi connectivity index (χ3n) is 6.24. The maximum absolute atomic E-state index is 13.8. The van der Waals surface area contributed by atoms with Gasteiger partial charge < -0.3 is 15.5 Å². The van der Waals surface area contributed by atoms with Crippen molar-refractivity contribution >= 4 is 29.4 Å². The molecule has 1 aliphatic rings. The van der Waals surface area contributed by atoms with E-state index in [2.05, 4.69) is 10.6 Å². The number of carbonyl (C=O) groups is 2. The molecule has 0 saturated carbocycles. The van der Waals surface area contributed by atoms with Gasteiger partial charge in [0, 0.05) is 35.8 Å². The molecule has 190 valence electrons. The average Bonchev–Trinajstić information content (AvgIpc) is 2.88. The summed E-state index contributed by atoms with van der Waals surface area (Å²) in [5.41, 5.74) is 2.57. The Balaban J connectivity index is 1.75. The molecule has 1 aliphatic heterocycles. The SMILES string of the molecule is CNC(=O)c1ccc(-n2c(NC(C)C)nc3c(c2=O)C[C@@H](C)N(C(=O)c2ccc(C#N)c(Cl)c2)C3)cc1. The number of aromatic nitrogens is 2. The highest BCUT2D eigenvalue weighted by Gasteiger charge is 2.32. The Morgan fingerprint density at radius 3 is 2.43 bits per heavy atom. The van der Waals surface area contributed by atoms with Gasteiger partial charge >= 0.3 is 0 Å². The summed E-state index contributed by atoms with van der Waals surface area (Å²) in [7, 11) is 1.56. The lowest BCUT2D eigenvalue weighted by atomic mass is 9.98. The molecule has 2 heterocycles. The van der Waals surface area contributed by atoms with E-state index in [0.29, 0.717) is 46.0 Å². The Labute approximate surface area is 219 Å². The molecule has 0 aliphatic carbocycles. The zero-order valence-corrected chi connectivity index (χ0v) is 21.8. The lowest BCUT2D eigenvalue weighted by Crippen LogP contribution is -2.46. The highest BCUT2D eigenvalue weighted by molar-refractivity contribution is 6.32. The normalized spacial score (nSPS) is 14.6. The molecular weight excluding hydrogens is 492 g/mol. The fourth-order valence-electron chi connectivity index (χ4n) is 4.34. The second kappa shape index (κ2) is 10.4. The van der Waals surface area contributed by atoms with Crippen LogP contribution in [0.15, 0.2) is 47.3 Å². The molecule has 10 heteroatoms. The number of nitriles is 1. The van der Waals surface area contributed by atoms with Crippen molar-refractivity contribution in [2.75, 3.05) is 12.4 Å². The highest BCUT2D eigenvalue weighted by atomic mass is 35.5. The van der Waals surface area contributed by atoms with Crippen molar-refractivity contribution < 1.29 is 9.59 Å². The maximum Gasteiger partial charge on any atom is 0.263 e. The van der Waals surface area contributed by atoms with Gasteiger partial charge in [-0.15, -0.1) is 0 Å². The van der Waals surface area contributed by atoms with Crippen LogP contribution >= 0.6 is 11.6 Å². The van der Waals surface area contributed by atoms with E-state index >= 15 is 0 Å². The number of hydrogen-bond acceptors (Lipinski definition) is 6. The zero-order valence-electron chi connectivity index (χ0n) is 21.0. The van der Waals surface area contributed by atoms with Crippen LogP contribution in [0.2, 0.25) is 5.02 Å². The van der Waals surface area contributed by atoms with Crippen molar-refractivity contribution in [3.8, 4) is 11.8 Å². The minimum absolute atomic E-state index is 0.0117. The van der Waals surface area contributed by atoms with Crippen LogP contribution in [0.4, 0.5) is 5.95 Å². The van der Waals surface area contributed by atoms with Crippen molar-refractivity contribution in [2.45, 2.75) is 45.8 Å². The van der Waals surface area contributed by atoms with Gasteiger partial charge in [0.1, 0.15) is 6.07 Å². The number of rotatable bonds is 5. The van der Waals surface area contributed by atoms with Gasteiger partial charge in [0.25, 0.3) is 17.4 Å². The van der Waals surface area contributed by atoms with Crippen molar-refractivity contribution in [1.29, 1.82) is 5.26 Å². The van der Waals surface area contributed by atoms with Gasteiger partial charge in [-0.3, -0.25) is 14.4 Å². The van der Waals surface area contributed by atoms with Gasteiger partial charge in [-0.1, -0.05) is 11.6 Å². The van der Waals surface area contributed by atoms with Gasteiger partial charge in [-0.05, 0) is 69.7 Å². The van der Waals surface area contributed by atoms with E-state index in [1.165, 1.54) is 16.7 Å². The Kier molecular flexibility index (Phi) is 7.32. The Morgan fingerprint density at radius 1 is 1.16 bits per heavy atom. The molecule has 2 amide bonds. The molecule has 0 radical (unpaired) electrons. The second-order valence-electron chi connectivity index (χ2n) is 9.22. The Bertz CT molecular complexity index is 1470. The molecule has 0 fully saturated rings. The highest BCUT2D eigenvalue weighted by Crippen LogP contribution is 2.26. The van der Waals surface area contributed by atoms with E-state index in [1.807, 2.05) is 26.8 Å². The molecule has 37 heavy (non-hydrogen) atoms. The first-order valence-electron chi connectivity index (χ1n) is 11.9. The number of amides is 2. The summed E-state index contributed by atoms with van der Waals surface area (Å²) < 4.78 is 1.51. The largest absolute Gasteiger partial charge is 0.355 e. The predicted molar refractivity (Wildman–Crippen MR) is 141 cm³/mol. The quantitative estimate of drug-likeness (QED) is 0.533. The van der Waals surface area contributed by atoms with E-state index in [-0.39, 0.29) is 41.0 Å². The minimum Gasteiger partial charge on any atom is -0.355 e. The van der Waals surface area contributed by atoms with Gasteiger partial charge in [0.15, 0.2) is 0 Å². The Morgan fingerprint density at radius 2 is 1.84 bits per heavy atom. The third-order valence-corrected chi connectivity index (χ3v) is 6.56. The van der Waals surface area contributed by atoms with E-state index in [1.54, 1.807) is 42.3 Å². The molecule has 0 saturated heterocycles. The molecule has 2 N–H and O–H groups in total. The summed E-state index contributed by atoms with van der Waals surface area (Å²) in [5.74, 6) is -0.112. The summed E-state index contributed by atoms with van der Waals surface area (Å²) in [5, 5.41) is 15.2. The van der Waals surface area contributed by atoms with Crippen LogP contribution in [0, 0.1) is 11.3 Å². The standard InChI is InChI=1S/C27H27ClN6O3/c1-15(2)31-27-32-23-14-33(25(36)18-5-6-19(13-29)22(28)12-18)16(3)11-21(23)26(37)34(27)20-9-7-17(8-10-20)24(35)30-4/h5-10,12,15-16H,11,14H2,1-4H3,(H,30,35)(H,31,32)/t16-/m1/s1. The number of halogens is 1. The molecule has 1 aromatic heterocycles. The van der Waals surface area contributed by atoms with E-state index in [4.69, 9.17) is 21.8 Å². The number of anilines is 1. The van der Waals surface area contributed by atoms with Crippen LogP contribution in [0.3, 0.4) is 0 Å². The summed E-state index contributed by atoms with van der Waals surface area (Å²) in [6.45, 7) is 5.92.